The van der Waals surface area contributed by atoms with Crippen molar-refractivity contribution in [3.8, 4) is 0 Å². The zero-order chi connectivity index (χ0) is 13.2. The Labute approximate surface area is 101 Å². The summed E-state index contributed by atoms with van der Waals surface area (Å²) in [6.45, 7) is 0.400. The number of nitrogens with zero attached hydrogens (tertiary/aromatic N) is 1. The van der Waals surface area contributed by atoms with Gasteiger partial charge in [-0.05, 0) is 13.0 Å². The van der Waals surface area contributed by atoms with E-state index < -0.39 is 18.5 Å². The van der Waals surface area contributed by atoms with E-state index in [9.17, 15) is 17.6 Å². The molecule has 0 spiro atoms. The van der Waals surface area contributed by atoms with Crippen molar-refractivity contribution in [2.24, 2.45) is 0 Å². The normalized spacial score (nSPS) is 11.6. The Morgan fingerprint density at radius 1 is 1.35 bits per heavy atom. The summed E-state index contributed by atoms with van der Waals surface area (Å²) in [5, 5.41) is -0.214. The van der Waals surface area contributed by atoms with Gasteiger partial charge in [-0.1, -0.05) is 11.6 Å². The van der Waals surface area contributed by atoms with Crippen molar-refractivity contribution in [2.45, 2.75) is 13.1 Å². The van der Waals surface area contributed by atoms with Crippen LogP contribution in [0.25, 0.3) is 0 Å². The average Bonchev–Trinajstić information content (AvgIpc) is 2.19. The molecule has 0 aliphatic heterocycles. The number of nitrogen functional groups attached to an aromatic ring is 1. The highest BCUT2D eigenvalue weighted by atomic mass is 35.5. The third-order valence-corrected chi connectivity index (χ3v) is 2.45. The van der Waals surface area contributed by atoms with Gasteiger partial charge in [-0.3, -0.25) is 0 Å². The molecule has 7 heteroatoms. The molecule has 2 nitrogen and oxygen atoms in total. The molecule has 0 aromatic heterocycles. The summed E-state index contributed by atoms with van der Waals surface area (Å²) in [6, 6.07) is 2.01. The molecule has 0 saturated heterocycles. The van der Waals surface area contributed by atoms with Crippen molar-refractivity contribution in [2.75, 3.05) is 23.7 Å². The number of nitrogens with two attached hydrogens (primary N) is 1. The van der Waals surface area contributed by atoms with Crippen LogP contribution in [0.15, 0.2) is 12.1 Å². The molecule has 0 radical (unpaired) electrons. The van der Waals surface area contributed by atoms with Gasteiger partial charge in [0.2, 0.25) is 0 Å². The number of benzene rings is 1. The molecule has 17 heavy (non-hydrogen) atoms. The number of hydrogen-bond acceptors (Lipinski definition) is 2. The molecule has 0 fully saturated rings. The summed E-state index contributed by atoms with van der Waals surface area (Å²) < 4.78 is 50.1. The predicted octanol–water partition coefficient (Wildman–Crippen LogP) is 3.45. The highest BCUT2D eigenvalue weighted by molar-refractivity contribution is 6.31. The number of hydrogen-bond donors (Lipinski definition) is 1. The van der Waals surface area contributed by atoms with Crippen LogP contribution in [-0.4, -0.2) is 19.3 Å². The van der Waals surface area contributed by atoms with Gasteiger partial charge in [-0.15, -0.1) is 0 Å². The molecule has 0 atom stereocenters. The Morgan fingerprint density at radius 2 is 1.94 bits per heavy atom. The van der Waals surface area contributed by atoms with Gasteiger partial charge >= 0.3 is 6.18 Å². The molecular formula is C10H11ClF4N2. The second-order valence-electron chi connectivity index (χ2n) is 3.45. The maximum Gasteiger partial charge on any atom is 0.405 e. The molecule has 2 N–H and O–H groups in total. The zero-order valence-electron chi connectivity index (χ0n) is 8.98. The van der Waals surface area contributed by atoms with Crippen LogP contribution in [0.4, 0.5) is 28.9 Å². The molecule has 0 saturated carbocycles. The van der Waals surface area contributed by atoms with E-state index in [1.807, 2.05) is 0 Å². The van der Waals surface area contributed by atoms with Crippen LogP contribution < -0.4 is 10.6 Å². The van der Waals surface area contributed by atoms with Crippen LogP contribution >= 0.6 is 11.6 Å². The third-order valence-electron chi connectivity index (χ3n) is 2.16. The lowest BCUT2D eigenvalue weighted by atomic mass is 10.2. The molecule has 0 bridgehead atoms. The minimum atomic E-state index is -4.38. The summed E-state index contributed by atoms with van der Waals surface area (Å²) in [5.41, 5.74) is 5.53. The van der Waals surface area contributed by atoms with E-state index in [1.165, 1.54) is 6.92 Å². The first-order valence-electron chi connectivity index (χ1n) is 4.81. The first-order chi connectivity index (χ1) is 7.74. The Hall–Kier alpha value is -1.17. The van der Waals surface area contributed by atoms with Gasteiger partial charge in [0.05, 0.1) is 16.4 Å². The molecule has 0 aliphatic carbocycles. The second kappa shape index (κ2) is 5.00. The minimum Gasteiger partial charge on any atom is -0.397 e. The van der Waals surface area contributed by atoms with Crippen LogP contribution in [0.2, 0.25) is 5.02 Å². The van der Waals surface area contributed by atoms with E-state index in [2.05, 4.69) is 0 Å². The lowest BCUT2D eigenvalue weighted by molar-refractivity contribution is -0.119. The van der Waals surface area contributed by atoms with Crippen LogP contribution in [-0.2, 0) is 0 Å². The summed E-state index contributed by atoms with van der Waals surface area (Å²) in [5.74, 6) is -0.795. The quantitative estimate of drug-likeness (QED) is 0.673. The van der Waals surface area contributed by atoms with Crippen molar-refractivity contribution < 1.29 is 17.6 Å². The van der Waals surface area contributed by atoms with Gasteiger partial charge in [0.25, 0.3) is 0 Å². The highest BCUT2D eigenvalue weighted by Crippen LogP contribution is 2.31. The van der Waals surface area contributed by atoms with Crippen molar-refractivity contribution in [3.05, 3.63) is 23.0 Å². The summed E-state index contributed by atoms with van der Waals surface area (Å²) in [7, 11) is 0. The fourth-order valence-electron chi connectivity index (χ4n) is 1.41. The van der Waals surface area contributed by atoms with Crippen molar-refractivity contribution in [1.29, 1.82) is 0 Å². The molecule has 1 aromatic rings. The Kier molecular flexibility index (Phi) is 4.08. The minimum absolute atomic E-state index is 0.00766. The van der Waals surface area contributed by atoms with Gasteiger partial charge in [-0.25, -0.2) is 4.39 Å². The molecule has 1 aromatic carbocycles. The van der Waals surface area contributed by atoms with E-state index in [-0.39, 0.29) is 22.9 Å². The van der Waals surface area contributed by atoms with E-state index in [1.54, 1.807) is 0 Å². The van der Waals surface area contributed by atoms with Crippen molar-refractivity contribution >= 4 is 23.0 Å². The van der Waals surface area contributed by atoms with E-state index in [0.717, 1.165) is 17.0 Å². The number of anilines is 2. The zero-order valence-corrected chi connectivity index (χ0v) is 9.74. The largest absolute Gasteiger partial charge is 0.405 e. The predicted molar refractivity (Wildman–Crippen MR) is 59.8 cm³/mol. The van der Waals surface area contributed by atoms with Gasteiger partial charge in [0.15, 0.2) is 0 Å². The van der Waals surface area contributed by atoms with Crippen molar-refractivity contribution in [3.63, 3.8) is 0 Å². The first kappa shape index (κ1) is 13.9. The average molecular weight is 271 g/mol. The molecule has 96 valence electrons. The maximum atomic E-state index is 13.2. The van der Waals surface area contributed by atoms with Gasteiger partial charge < -0.3 is 10.6 Å². The third kappa shape index (κ3) is 3.66. The van der Waals surface area contributed by atoms with Crippen LogP contribution in [0.3, 0.4) is 0 Å². The van der Waals surface area contributed by atoms with Gasteiger partial charge in [0.1, 0.15) is 12.4 Å². The van der Waals surface area contributed by atoms with Crippen LogP contribution in [0.5, 0.6) is 0 Å². The highest BCUT2D eigenvalue weighted by Gasteiger charge is 2.31. The summed E-state index contributed by atoms with van der Waals surface area (Å²) in [4.78, 5) is 0.939. The van der Waals surface area contributed by atoms with Crippen LogP contribution in [0, 0.1) is 5.82 Å². The van der Waals surface area contributed by atoms with E-state index in [4.69, 9.17) is 17.3 Å². The monoisotopic (exact) mass is 270 g/mol. The smallest absolute Gasteiger partial charge is 0.397 e. The van der Waals surface area contributed by atoms with Gasteiger partial charge in [0, 0.05) is 12.6 Å². The molecular weight excluding hydrogens is 260 g/mol. The number of alkyl halides is 3. The lowest BCUT2D eigenvalue weighted by Crippen LogP contribution is -2.34. The van der Waals surface area contributed by atoms with Gasteiger partial charge in [-0.2, -0.15) is 13.2 Å². The Bertz CT molecular complexity index is 406. The fourth-order valence-corrected chi connectivity index (χ4v) is 1.58. The molecule has 1 rings (SSSR count). The molecule has 0 aliphatic rings. The lowest BCUT2D eigenvalue weighted by Gasteiger charge is -2.25. The fraction of sp³-hybridized carbons (Fsp3) is 0.400. The Morgan fingerprint density at radius 3 is 2.41 bits per heavy atom. The second-order valence-corrected chi connectivity index (χ2v) is 3.86. The summed E-state index contributed by atoms with van der Waals surface area (Å²) >= 11 is 5.47. The van der Waals surface area contributed by atoms with E-state index in [0.29, 0.717) is 0 Å². The Balaban J connectivity index is 3.08. The van der Waals surface area contributed by atoms with E-state index >= 15 is 0 Å². The molecule has 0 heterocycles. The van der Waals surface area contributed by atoms with Crippen LogP contribution in [0.1, 0.15) is 6.92 Å². The summed E-state index contributed by atoms with van der Waals surface area (Å²) in [6.07, 6.45) is -4.38. The SMILES string of the molecule is CCN(CC(F)(F)F)c1cc(F)c(Cl)cc1N. The van der Waals surface area contributed by atoms with Crippen molar-refractivity contribution in [1.82, 2.24) is 0 Å². The molecule has 0 unspecified atom stereocenters. The maximum absolute atomic E-state index is 13.2. The number of rotatable bonds is 3. The topological polar surface area (TPSA) is 29.3 Å². The first-order valence-corrected chi connectivity index (χ1v) is 5.18. The number of halogens is 5. The standard InChI is InChI=1S/C10H11ClF4N2/c1-2-17(5-10(13,14)15)9-4-7(12)6(11)3-8(9)16/h3-4H,2,5,16H2,1H3. The molecule has 0 amide bonds.